The molecule has 0 aromatic rings. The van der Waals surface area contributed by atoms with E-state index >= 15 is 0 Å². The van der Waals surface area contributed by atoms with Crippen molar-refractivity contribution in [2.45, 2.75) is 18.9 Å². The van der Waals surface area contributed by atoms with Gasteiger partial charge in [-0.25, -0.2) is 4.79 Å². The first-order valence-corrected chi connectivity index (χ1v) is 4.62. The number of hydrogen-bond acceptors (Lipinski definition) is 3. The van der Waals surface area contributed by atoms with Crippen molar-refractivity contribution in [3.8, 4) is 0 Å². The summed E-state index contributed by atoms with van der Waals surface area (Å²) in [6.45, 7) is 1.47. The van der Waals surface area contributed by atoms with E-state index in [1.165, 1.54) is 0 Å². The SMILES string of the molecule is N[C@@H](CNC(=O)N1CCCC1)C(=O)O. The second kappa shape index (κ2) is 4.80. The molecule has 1 atom stereocenters. The zero-order chi connectivity index (χ0) is 10.6. The molecule has 1 heterocycles. The number of nitrogens with two attached hydrogens (primary N) is 1. The fraction of sp³-hybridized carbons (Fsp3) is 0.750. The van der Waals surface area contributed by atoms with Crippen molar-refractivity contribution < 1.29 is 14.7 Å². The van der Waals surface area contributed by atoms with Gasteiger partial charge in [0.25, 0.3) is 0 Å². The molecule has 14 heavy (non-hydrogen) atoms. The highest BCUT2D eigenvalue weighted by molar-refractivity contribution is 5.77. The van der Waals surface area contributed by atoms with Gasteiger partial charge in [0.15, 0.2) is 0 Å². The molecule has 1 aliphatic heterocycles. The second-order valence-electron chi connectivity index (χ2n) is 3.32. The average Bonchev–Trinajstić information content (AvgIpc) is 2.66. The van der Waals surface area contributed by atoms with Crippen LogP contribution in [0.3, 0.4) is 0 Å². The fourth-order valence-electron chi connectivity index (χ4n) is 1.32. The van der Waals surface area contributed by atoms with Crippen molar-refractivity contribution in [3.63, 3.8) is 0 Å². The number of likely N-dealkylation sites (tertiary alicyclic amines) is 1. The zero-order valence-electron chi connectivity index (χ0n) is 7.90. The highest BCUT2D eigenvalue weighted by Crippen LogP contribution is 2.06. The van der Waals surface area contributed by atoms with Crippen LogP contribution in [0, 0.1) is 0 Å². The number of amides is 2. The van der Waals surface area contributed by atoms with Crippen molar-refractivity contribution in [1.82, 2.24) is 10.2 Å². The van der Waals surface area contributed by atoms with E-state index in [-0.39, 0.29) is 12.6 Å². The maximum atomic E-state index is 11.3. The lowest BCUT2D eigenvalue weighted by Gasteiger charge is -2.17. The smallest absolute Gasteiger partial charge is 0.322 e. The standard InChI is InChI=1S/C8H15N3O3/c9-6(7(12)13)5-10-8(14)11-3-1-2-4-11/h6H,1-5,9H2,(H,10,14)(H,12,13)/t6-/m0/s1. The van der Waals surface area contributed by atoms with Gasteiger partial charge in [0.2, 0.25) is 0 Å². The molecule has 0 bridgehead atoms. The van der Waals surface area contributed by atoms with Gasteiger partial charge in [-0.15, -0.1) is 0 Å². The summed E-state index contributed by atoms with van der Waals surface area (Å²) in [6, 6.07) is -1.25. The van der Waals surface area contributed by atoms with Crippen LogP contribution < -0.4 is 11.1 Å². The Kier molecular flexibility index (Phi) is 3.70. The first-order chi connectivity index (χ1) is 6.61. The van der Waals surface area contributed by atoms with Crippen LogP contribution in [0.15, 0.2) is 0 Å². The van der Waals surface area contributed by atoms with Crippen molar-refractivity contribution in [3.05, 3.63) is 0 Å². The number of aliphatic carboxylic acids is 1. The van der Waals surface area contributed by atoms with E-state index in [0.717, 1.165) is 25.9 Å². The Morgan fingerprint density at radius 3 is 2.50 bits per heavy atom. The van der Waals surface area contributed by atoms with Crippen molar-refractivity contribution >= 4 is 12.0 Å². The van der Waals surface area contributed by atoms with Crippen LogP contribution in [0.25, 0.3) is 0 Å². The molecule has 0 aromatic carbocycles. The van der Waals surface area contributed by atoms with Gasteiger partial charge in [0.05, 0.1) is 0 Å². The number of rotatable bonds is 3. The fourth-order valence-corrected chi connectivity index (χ4v) is 1.32. The molecular formula is C8H15N3O3. The quantitative estimate of drug-likeness (QED) is 0.557. The minimum absolute atomic E-state index is 0.0231. The second-order valence-corrected chi connectivity index (χ2v) is 3.32. The van der Waals surface area contributed by atoms with E-state index in [2.05, 4.69) is 5.32 Å². The Labute approximate surface area is 82.1 Å². The topological polar surface area (TPSA) is 95.7 Å². The van der Waals surface area contributed by atoms with Gasteiger partial charge in [-0.3, -0.25) is 4.79 Å². The Bertz CT molecular complexity index is 226. The van der Waals surface area contributed by atoms with Gasteiger partial charge >= 0.3 is 12.0 Å². The molecule has 6 nitrogen and oxygen atoms in total. The largest absolute Gasteiger partial charge is 0.480 e. The van der Waals surface area contributed by atoms with Crippen LogP contribution in [0.1, 0.15) is 12.8 Å². The van der Waals surface area contributed by atoms with E-state index in [9.17, 15) is 9.59 Å². The van der Waals surface area contributed by atoms with Crippen molar-refractivity contribution in [2.75, 3.05) is 19.6 Å². The third-order valence-corrected chi connectivity index (χ3v) is 2.18. The number of nitrogens with one attached hydrogen (secondary N) is 1. The minimum atomic E-state index is -1.10. The summed E-state index contributed by atoms with van der Waals surface area (Å²) in [7, 11) is 0. The molecule has 6 heteroatoms. The maximum absolute atomic E-state index is 11.3. The molecule has 1 fully saturated rings. The summed E-state index contributed by atoms with van der Waals surface area (Å²) in [5.41, 5.74) is 5.23. The monoisotopic (exact) mass is 201 g/mol. The van der Waals surface area contributed by atoms with Crippen LogP contribution in [-0.4, -0.2) is 47.7 Å². The van der Waals surface area contributed by atoms with Crippen LogP contribution in [0.4, 0.5) is 4.79 Å². The van der Waals surface area contributed by atoms with Crippen LogP contribution in [0.5, 0.6) is 0 Å². The molecule has 4 N–H and O–H groups in total. The highest BCUT2D eigenvalue weighted by atomic mass is 16.4. The summed E-state index contributed by atoms with van der Waals surface area (Å²) in [6.07, 6.45) is 2.02. The van der Waals surface area contributed by atoms with Gasteiger partial charge in [-0.1, -0.05) is 0 Å². The summed E-state index contributed by atoms with van der Waals surface area (Å²) >= 11 is 0. The molecule has 0 radical (unpaired) electrons. The zero-order valence-corrected chi connectivity index (χ0v) is 7.90. The third-order valence-electron chi connectivity index (χ3n) is 2.18. The summed E-state index contributed by atoms with van der Waals surface area (Å²) in [4.78, 5) is 23.3. The number of carbonyl (C=O) groups is 2. The van der Waals surface area contributed by atoms with Crippen LogP contribution in [0.2, 0.25) is 0 Å². The van der Waals surface area contributed by atoms with E-state index < -0.39 is 12.0 Å². The number of hydrogen-bond donors (Lipinski definition) is 3. The van der Waals surface area contributed by atoms with Crippen LogP contribution in [-0.2, 0) is 4.79 Å². The van der Waals surface area contributed by atoms with Crippen molar-refractivity contribution in [1.29, 1.82) is 0 Å². The van der Waals surface area contributed by atoms with E-state index in [1.807, 2.05) is 0 Å². The van der Waals surface area contributed by atoms with Gasteiger partial charge in [0, 0.05) is 19.6 Å². The average molecular weight is 201 g/mol. The molecule has 0 aromatic heterocycles. The lowest BCUT2D eigenvalue weighted by atomic mass is 10.3. The Balaban J connectivity index is 2.23. The van der Waals surface area contributed by atoms with Crippen LogP contribution >= 0.6 is 0 Å². The molecular weight excluding hydrogens is 186 g/mol. The molecule has 2 amide bonds. The minimum Gasteiger partial charge on any atom is -0.480 e. The predicted octanol–water partition coefficient (Wildman–Crippen LogP) is -0.796. The van der Waals surface area contributed by atoms with Crippen molar-refractivity contribution in [2.24, 2.45) is 5.73 Å². The first kappa shape index (κ1) is 10.8. The van der Waals surface area contributed by atoms with Gasteiger partial charge < -0.3 is 21.1 Å². The number of carboxylic acids is 1. The lowest BCUT2D eigenvalue weighted by Crippen LogP contribution is -2.46. The van der Waals surface area contributed by atoms with E-state index in [1.54, 1.807) is 4.90 Å². The Hall–Kier alpha value is -1.30. The first-order valence-electron chi connectivity index (χ1n) is 4.62. The van der Waals surface area contributed by atoms with Gasteiger partial charge in [-0.2, -0.15) is 0 Å². The molecule has 0 unspecified atom stereocenters. The lowest BCUT2D eigenvalue weighted by molar-refractivity contribution is -0.138. The van der Waals surface area contributed by atoms with E-state index in [0.29, 0.717) is 0 Å². The van der Waals surface area contributed by atoms with Gasteiger partial charge in [0.1, 0.15) is 6.04 Å². The molecule has 0 saturated carbocycles. The normalized spacial score (nSPS) is 17.9. The number of carbonyl (C=O) groups excluding carboxylic acids is 1. The molecule has 1 aliphatic rings. The van der Waals surface area contributed by atoms with Gasteiger partial charge in [-0.05, 0) is 12.8 Å². The molecule has 1 rings (SSSR count). The number of nitrogens with zero attached hydrogens (tertiary/aromatic N) is 1. The third kappa shape index (κ3) is 2.88. The predicted molar refractivity (Wildman–Crippen MR) is 49.8 cm³/mol. The van der Waals surface area contributed by atoms with E-state index in [4.69, 9.17) is 10.8 Å². The molecule has 0 spiro atoms. The molecule has 0 aliphatic carbocycles. The Morgan fingerprint density at radius 1 is 1.43 bits per heavy atom. The number of carboxylic acid groups (broad SMARTS) is 1. The summed E-state index contributed by atoms with van der Waals surface area (Å²) in [5.74, 6) is -1.10. The number of urea groups is 1. The highest BCUT2D eigenvalue weighted by Gasteiger charge is 2.19. The molecule has 1 saturated heterocycles. The maximum Gasteiger partial charge on any atom is 0.322 e. The Morgan fingerprint density at radius 2 is 2.00 bits per heavy atom. The summed E-state index contributed by atoms with van der Waals surface area (Å²) < 4.78 is 0. The molecule has 80 valence electrons. The summed E-state index contributed by atoms with van der Waals surface area (Å²) in [5, 5.41) is 11.0.